The van der Waals surface area contributed by atoms with Gasteiger partial charge in [-0.1, -0.05) is 13.3 Å². The van der Waals surface area contributed by atoms with Gasteiger partial charge < -0.3 is 4.74 Å². The molecule has 0 aromatic heterocycles. The predicted molar refractivity (Wildman–Crippen MR) is 59.1 cm³/mol. The van der Waals surface area contributed by atoms with Gasteiger partial charge in [0.15, 0.2) is 0 Å². The fraction of sp³-hybridized carbons (Fsp3) is 0.909. The monoisotopic (exact) mass is 415 g/mol. The van der Waals surface area contributed by atoms with Crippen molar-refractivity contribution in [1.29, 1.82) is 0 Å². The Morgan fingerprint density at radius 3 is 1.50 bits per heavy atom. The molecule has 1 aliphatic rings. The zero-order chi connectivity index (χ0) is 20.8. The summed E-state index contributed by atoms with van der Waals surface area (Å²) in [5.41, 5.74) is -6.03. The van der Waals surface area contributed by atoms with Crippen LogP contribution in [0.2, 0.25) is 0 Å². The maximum absolute atomic E-state index is 13.1. The van der Waals surface area contributed by atoms with E-state index in [2.05, 4.69) is 14.5 Å². The highest BCUT2D eigenvalue weighted by molar-refractivity contribution is 5.89. The van der Waals surface area contributed by atoms with E-state index in [9.17, 15) is 52.7 Å². The van der Waals surface area contributed by atoms with Crippen LogP contribution in [0.4, 0.5) is 52.7 Å². The second-order valence-electron chi connectivity index (χ2n) is 5.03. The molecule has 0 bridgehead atoms. The maximum atomic E-state index is 13.1. The lowest BCUT2D eigenvalue weighted by atomic mass is 10.0. The first-order valence-electron chi connectivity index (χ1n) is 6.58. The average molecular weight is 415 g/mol. The quantitative estimate of drug-likeness (QED) is 0.484. The van der Waals surface area contributed by atoms with Gasteiger partial charge >= 0.3 is 36.1 Å². The summed E-state index contributed by atoms with van der Waals surface area (Å²) in [6, 6.07) is 0. The first kappa shape index (κ1) is 22.6. The smallest absolute Gasteiger partial charge is 0.429 e. The van der Waals surface area contributed by atoms with E-state index in [1.165, 1.54) is 6.92 Å². The van der Waals surface area contributed by atoms with E-state index in [4.69, 9.17) is 0 Å². The number of nitrogens with zero attached hydrogens (tertiary/aromatic N) is 1. The fourth-order valence-corrected chi connectivity index (χ4v) is 1.88. The molecule has 0 saturated carbocycles. The molecule has 0 radical (unpaired) electrons. The van der Waals surface area contributed by atoms with Crippen LogP contribution in [0.5, 0.6) is 0 Å². The third-order valence-corrected chi connectivity index (χ3v) is 3.15. The number of halogens is 12. The Hall–Kier alpha value is -1.41. The Labute approximate surface area is 136 Å². The molecule has 0 spiro atoms. The summed E-state index contributed by atoms with van der Waals surface area (Å²) in [4.78, 5) is 2.55. The summed E-state index contributed by atoms with van der Waals surface area (Å²) in [6.07, 6.45) is -27.3. The Bertz CT molecular complexity index is 513. The lowest BCUT2D eigenvalue weighted by Crippen LogP contribution is -2.65. The number of unbranched alkanes of at least 4 members (excludes halogenated alkanes) is 1. The number of hydrogen-bond donors (Lipinski definition) is 0. The minimum Gasteiger partial charge on any atom is -0.429 e. The second-order valence-corrected chi connectivity index (χ2v) is 5.03. The normalized spacial score (nSPS) is 22.6. The first-order valence-corrected chi connectivity index (χ1v) is 6.58. The Kier molecular flexibility index (Phi) is 5.51. The van der Waals surface area contributed by atoms with Gasteiger partial charge in [-0.3, -0.25) is 9.73 Å². The van der Waals surface area contributed by atoms with Crippen molar-refractivity contribution >= 4 is 5.90 Å². The molecule has 0 aromatic rings. The van der Waals surface area contributed by atoms with Gasteiger partial charge in [0.2, 0.25) is 5.90 Å². The van der Waals surface area contributed by atoms with Gasteiger partial charge in [-0.25, -0.2) is 0 Å². The molecule has 3 nitrogen and oxygen atoms in total. The molecule has 1 rings (SSSR count). The molecule has 26 heavy (non-hydrogen) atoms. The molecule has 0 N–H and O–H groups in total. The lowest BCUT2D eigenvalue weighted by Gasteiger charge is -2.34. The number of ether oxygens (including phenoxy) is 2. The van der Waals surface area contributed by atoms with Crippen LogP contribution >= 0.6 is 0 Å². The Morgan fingerprint density at radius 1 is 0.769 bits per heavy atom. The molecule has 0 aromatic carbocycles. The van der Waals surface area contributed by atoms with Gasteiger partial charge in [-0.15, -0.1) is 0 Å². The summed E-state index contributed by atoms with van der Waals surface area (Å²) >= 11 is 0. The highest BCUT2D eigenvalue weighted by Gasteiger charge is 2.91. The van der Waals surface area contributed by atoms with Crippen LogP contribution in [0.1, 0.15) is 19.8 Å². The van der Waals surface area contributed by atoms with Crippen molar-refractivity contribution in [3.8, 4) is 0 Å². The van der Waals surface area contributed by atoms with E-state index < -0.39 is 48.5 Å². The first-order chi connectivity index (χ1) is 11.4. The summed E-state index contributed by atoms with van der Waals surface area (Å²) in [5, 5.41) is 0. The number of rotatable bonds is 3. The van der Waals surface area contributed by atoms with Gasteiger partial charge in [0.05, 0.1) is 0 Å². The molecule has 0 amide bonds. The molecule has 1 aliphatic heterocycles. The van der Waals surface area contributed by atoms with Gasteiger partial charge in [0.1, 0.15) is 0 Å². The highest BCUT2D eigenvalue weighted by Crippen LogP contribution is 2.60. The van der Waals surface area contributed by atoms with Crippen LogP contribution in [-0.2, 0) is 9.47 Å². The maximum Gasteiger partial charge on any atom is 0.465 e. The zero-order valence-corrected chi connectivity index (χ0v) is 12.4. The fourth-order valence-electron chi connectivity index (χ4n) is 1.88. The van der Waals surface area contributed by atoms with Crippen LogP contribution in [0, 0.1) is 0 Å². The van der Waals surface area contributed by atoms with E-state index in [-0.39, 0.29) is 12.8 Å². The van der Waals surface area contributed by atoms with Gasteiger partial charge in [0.25, 0.3) is 0 Å². The van der Waals surface area contributed by atoms with Crippen molar-refractivity contribution < 1.29 is 62.2 Å². The third-order valence-electron chi connectivity index (χ3n) is 3.15. The molecular formula is C11H9F12NO2. The van der Waals surface area contributed by atoms with E-state index >= 15 is 0 Å². The largest absolute Gasteiger partial charge is 0.465 e. The number of hydrogen-bond acceptors (Lipinski definition) is 3. The third kappa shape index (κ3) is 3.29. The molecular weight excluding hydrogens is 406 g/mol. The van der Waals surface area contributed by atoms with Crippen LogP contribution in [0.15, 0.2) is 4.99 Å². The van der Waals surface area contributed by atoms with Crippen LogP contribution < -0.4 is 0 Å². The summed E-state index contributed by atoms with van der Waals surface area (Å²) < 4.78 is 161. The van der Waals surface area contributed by atoms with Crippen LogP contribution in [0.3, 0.4) is 0 Å². The molecule has 0 unspecified atom stereocenters. The minimum atomic E-state index is -6.82. The predicted octanol–water partition coefficient (Wildman–Crippen LogP) is 4.92. The average Bonchev–Trinajstić information content (AvgIpc) is 2.75. The molecule has 1 fully saturated rings. The second kappa shape index (κ2) is 6.34. The van der Waals surface area contributed by atoms with Gasteiger partial charge in [-0.05, 0) is 6.42 Å². The highest BCUT2D eigenvalue weighted by atomic mass is 19.4. The molecule has 0 atom stereocenters. The van der Waals surface area contributed by atoms with Crippen molar-refractivity contribution in [3.05, 3.63) is 0 Å². The van der Waals surface area contributed by atoms with Crippen molar-refractivity contribution in [3.63, 3.8) is 0 Å². The van der Waals surface area contributed by atoms with Crippen molar-refractivity contribution in [1.82, 2.24) is 0 Å². The summed E-state index contributed by atoms with van der Waals surface area (Å²) in [7, 11) is 0. The molecule has 15 heteroatoms. The lowest BCUT2D eigenvalue weighted by molar-refractivity contribution is -0.473. The van der Waals surface area contributed by atoms with Crippen LogP contribution in [0.25, 0.3) is 0 Å². The van der Waals surface area contributed by atoms with E-state index in [1.807, 2.05) is 0 Å². The van der Waals surface area contributed by atoms with Gasteiger partial charge in [-0.2, -0.15) is 52.7 Å². The summed E-state index contributed by atoms with van der Waals surface area (Å²) in [5.74, 6) is -9.09. The standard InChI is InChI=1S/C11H9F12NO2/c1-2-3-4-24-5-6(8(12,13)14,9(15,16)17)26-7(25-5,10(18,19)20)11(21,22)23/h2-4H2,1H3. The van der Waals surface area contributed by atoms with E-state index in [1.54, 1.807) is 0 Å². The minimum absolute atomic E-state index is 0.117. The van der Waals surface area contributed by atoms with Gasteiger partial charge in [0, 0.05) is 6.54 Å². The Balaban J connectivity index is 3.78. The molecule has 154 valence electrons. The summed E-state index contributed by atoms with van der Waals surface area (Å²) in [6.45, 7) is 0.442. The van der Waals surface area contributed by atoms with E-state index in [0.29, 0.717) is 0 Å². The number of alkyl halides is 12. The van der Waals surface area contributed by atoms with Crippen molar-refractivity contribution in [2.75, 3.05) is 6.54 Å². The number of aliphatic imine (C=N–C) groups is 1. The Morgan fingerprint density at radius 2 is 1.19 bits per heavy atom. The van der Waals surface area contributed by atoms with Crippen LogP contribution in [-0.4, -0.2) is 48.5 Å². The van der Waals surface area contributed by atoms with Crippen molar-refractivity contribution in [2.24, 2.45) is 4.99 Å². The molecule has 0 aliphatic carbocycles. The zero-order valence-electron chi connectivity index (χ0n) is 12.4. The molecule has 1 heterocycles. The SMILES string of the molecule is CCCCN=C1OC(C(F)(F)F)(C(F)(F)F)OC1(C(F)(F)F)C(F)(F)F. The topological polar surface area (TPSA) is 30.8 Å². The van der Waals surface area contributed by atoms with E-state index in [0.717, 1.165) is 0 Å². The molecule has 1 saturated heterocycles. The van der Waals surface area contributed by atoms with Crippen molar-refractivity contribution in [2.45, 2.75) is 55.9 Å².